The van der Waals surface area contributed by atoms with E-state index in [0.29, 0.717) is 17.3 Å². The van der Waals surface area contributed by atoms with Crippen LogP contribution in [0.5, 0.6) is 11.5 Å². The molecule has 3 aromatic carbocycles. The Morgan fingerprint density at radius 3 is 2.53 bits per heavy atom. The van der Waals surface area contributed by atoms with Gasteiger partial charge in [0.15, 0.2) is 0 Å². The predicted molar refractivity (Wildman–Crippen MR) is 130 cm³/mol. The van der Waals surface area contributed by atoms with Crippen LogP contribution in [-0.4, -0.2) is 58.2 Å². The number of rotatable bonds is 4. The van der Waals surface area contributed by atoms with E-state index in [1.54, 1.807) is 24.3 Å². The number of aromatic hydroxyl groups is 2. The molecular formula is C25H25ClN4O2. The van der Waals surface area contributed by atoms with Gasteiger partial charge in [0.1, 0.15) is 11.5 Å². The number of aromatic nitrogens is 1. The van der Waals surface area contributed by atoms with Gasteiger partial charge in [0, 0.05) is 59.8 Å². The van der Waals surface area contributed by atoms with E-state index in [4.69, 9.17) is 16.6 Å². The fourth-order valence-electron chi connectivity index (χ4n) is 4.22. The summed E-state index contributed by atoms with van der Waals surface area (Å²) >= 11 is 6.21. The van der Waals surface area contributed by atoms with Gasteiger partial charge < -0.3 is 20.4 Å². The van der Waals surface area contributed by atoms with E-state index in [1.165, 1.54) is 0 Å². The molecule has 32 heavy (non-hydrogen) atoms. The summed E-state index contributed by atoms with van der Waals surface area (Å²) in [6.07, 6.45) is 0. The number of likely N-dealkylation sites (N-methyl/N-ethyl adjacent to an activating group) is 1. The summed E-state index contributed by atoms with van der Waals surface area (Å²) in [5, 5.41) is 26.4. The van der Waals surface area contributed by atoms with E-state index in [1.807, 2.05) is 30.3 Å². The molecule has 0 spiro atoms. The van der Waals surface area contributed by atoms with E-state index in [-0.39, 0.29) is 5.75 Å². The zero-order chi connectivity index (χ0) is 22.2. The summed E-state index contributed by atoms with van der Waals surface area (Å²) in [5.41, 5.74) is 4.12. The second-order valence-corrected chi connectivity index (χ2v) is 8.83. The molecule has 0 radical (unpaired) electrons. The highest BCUT2D eigenvalue weighted by Gasteiger charge is 2.16. The number of hydrogen-bond acceptors (Lipinski definition) is 6. The number of phenols is 2. The van der Waals surface area contributed by atoms with Gasteiger partial charge in [-0.25, -0.2) is 4.98 Å². The Morgan fingerprint density at radius 1 is 0.906 bits per heavy atom. The Morgan fingerprint density at radius 2 is 1.72 bits per heavy atom. The molecule has 0 bridgehead atoms. The maximum absolute atomic E-state index is 10.5. The van der Waals surface area contributed by atoms with Crippen molar-refractivity contribution in [3.63, 3.8) is 0 Å². The molecular weight excluding hydrogens is 424 g/mol. The molecule has 2 heterocycles. The van der Waals surface area contributed by atoms with Crippen LogP contribution in [0.2, 0.25) is 5.02 Å². The van der Waals surface area contributed by atoms with Gasteiger partial charge in [-0.05, 0) is 61.6 Å². The van der Waals surface area contributed by atoms with E-state index in [0.717, 1.165) is 64.9 Å². The Bertz CT molecular complexity index is 1300. The molecule has 1 aliphatic heterocycles. The first-order chi connectivity index (χ1) is 15.5. The molecule has 6 nitrogen and oxygen atoms in total. The fourth-order valence-corrected chi connectivity index (χ4v) is 4.39. The third-order valence-electron chi connectivity index (χ3n) is 6.06. The van der Waals surface area contributed by atoms with Crippen molar-refractivity contribution in [2.24, 2.45) is 0 Å². The van der Waals surface area contributed by atoms with Crippen molar-refractivity contribution in [1.29, 1.82) is 0 Å². The van der Waals surface area contributed by atoms with Gasteiger partial charge in [-0.15, -0.1) is 0 Å². The Hall–Kier alpha value is -3.06. The topological polar surface area (TPSA) is 71.9 Å². The second kappa shape index (κ2) is 8.47. The van der Waals surface area contributed by atoms with Crippen molar-refractivity contribution < 1.29 is 10.2 Å². The van der Waals surface area contributed by atoms with Gasteiger partial charge in [0.25, 0.3) is 0 Å². The fraction of sp³-hybridized carbons (Fsp3) is 0.240. The average molecular weight is 449 g/mol. The highest BCUT2D eigenvalue weighted by atomic mass is 35.5. The van der Waals surface area contributed by atoms with Crippen LogP contribution in [0.25, 0.3) is 21.8 Å². The molecule has 0 amide bonds. The standard InChI is InChI=1S/C25H25ClN4O2/c1-29-8-10-30(11-9-29)15-16-12-18(3-7-24(16)32)27-25-20-5-2-17(26)13-23(20)28-22-6-4-19(31)14-21(22)25/h2-7,12-14,31-32H,8-11,15H2,1H3,(H,27,28). The van der Waals surface area contributed by atoms with Crippen molar-refractivity contribution in [3.8, 4) is 11.5 Å². The monoisotopic (exact) mass is 448 g/mol. The molecule has 1 fully saturated rings. The average Bonchev–Trinajstić information content (AvgIpc) is 2.77. The van der Waals surface area contributed by atoms with Crippen LogP contribution in [0.1, 0.15) is 5.56 Å². The number of anilines is 2. The first-order valence-electron chi connectivity index (χ1n) is 10.7. The van der Waals surface area contributed by atoms with Crippen molar-refractivity contribution in [1.82, 2.24) is 14.8 Å². The number of phenolic OH excluding ortho intramolecular Hbond substituents is 2. The van der Waals surface area contributed by atoms with Crippen LogP contribution in [0.3, 0.4) is 0 Å². The zero-order valence-corrected chi connectivity index (χ0v) is 18.6. The molecule has 1 saturated heterocycles. The lowest BCUT2D eigenvalue weighted by Crippen LogP contribution is -2.43. The van der Waals surface area contributed by atoms with Gasteiger partial charge in [-0.1, -0.05) is 11.6 Å². The summed E-state index contributed by atoms with van der Waals surface area (Å²) in [5.74, 6) is 0.473. The maximum atomic E-state index is 10.5. The molecule has 3 N–H and O–H groups in total. The largest absolute Gasteiger partial charge is 0.508 e. The number of pyridine rings is 1. The number of piperazine rings is 1. The van der Waals surface area contributed by atoms with Gasteiger partial charge in [0.2, 0.25) is 0 Å². The lowest BCUT2D eigenvalue weighted by atomic mass is 10.1. The molecule has 1 aliphatic rings. The lowest BCUT2D eigenvalue weighted by Gasteiger charge is -2.32. The molecule has 4 aromatic rings. The van der Waals surface area contributed by atoms with Gasteiger partial charge in [0.05, 0.1) is 16.7 Å². The first kappa shape index (κ1) is 20.8. The van der Waals surface area contributed by atoms with E-state index in [9.17, 15) is 10.2 Å². The molecule has 164 valence electrons. The van der Waals surface area contributed by atoms with Crippen LogP contribution < -0.4 is 5.32 Å². The summed E-state index contributed by atoms with van der Waals surface area (Å²) in [4.78, 5) is 9.38. The van der Waals surface area contributed by atoms with Gasteiger partial charge in [-0.2, -0.15) is 0 Å². The maximum Gasteiger partial charge on any atom is 0.120 e. The minimum absolute atomic E-state index is 0.178. The first-order valence-corrected chi connectivity index (χ1v) is 11.1. The van der Waals surface area contributed by atoms with Crippen LogP contribution in [-0.2, 0) is 6.54 Å². The van der Waals surface area contributed by atoms with Crippen molar-refractivity contribution in [2.45, 2.75) is 6.54 Å². The molecule has 0 saturated carbocycles. The van der Waals surface area contributed by atoms with Crippen LogP contribution in [0.15, 0.2) is 54.6 Å². The van der Waals surface area contributed by atoms with Crippen molar-refractivity contribution in [3.05, 3.63) is 65.2 Å². The molecule has 5 rings (SSSR count). The number of nitrogens with one attached hydrogen (secondary N) is 1. The summed E-state index contributed by atoms with van der Waals surface area (Å²) in [7, 11) is 2.13. The normalized spacial score (nSPS) is 15.4. The Balaban J connectivity index is 1.54. The molecule has 7 heteroatoms. The van der Waals surface area contributed by atoms with Gasteiger partial charge in [-0.3, -0.25) is 4.90 Å². The minimum Gasteiger partial charge on any atom is -0.508 e. The number of hydrogen-bond donors (Lipinski definition) is 3. The summed E-state index contributed by atoms with van der Waals surface area (Å²) in [6.45, 7) is 4.71. The number of benzene rings is 3. The van der Waals surface area contributed by atoms with Crippen LogP contribution in [0, 0.1) is 0 Å². The molecule has 1 aromatic heterocycles. The summed E-state index contributed by atoms with van der Waals surface area (Å²) < 4.78 is 0. The predicted octanol–water partition coefficient (Wildman–Crippen LogP) is 4.94. The van der Waals surface area contributed by atoms with Gasteiger partial charge >= 0.3 is 0 Å². The second-order valence-electron chi connectivity index (χ2n) is 8.40. The third-order valence-corrected chi connectivity index (χ3v) is 6.29. The summed E-state index contributed by atoms with van der Waals surface area (Å²) in [6, 6.07) is 16.3. The third kappa shape index (κ3) is 4.17. The van der Waals surface area contributed by atoms with E-state index < -0.39 is 0 Å². The lowest BCUT2D eigenvalue weighted by molar-refractivity contribution is 0.147. The molecule has 0 aliphatic carbocycles. The smallest absolute Gasteiger partial charge is 0.120 e. The van der Waals surface area contributed by atoms with E-state index >= 15 is 0 Å². The molecule has 0 atom stereocenters. The minimum atomic E-state index is 0.178. The number of halogens is 1. The highest BCUT2D eigenvalue weighted by Crippen LogP contribution is 2.36. The quantitative estimate of drug-likeness (QED) is 0.303. The molecule has 0 unspecified atom stereocenters. The Labute approximate surface area is 191 Å². The van der Waals surface area contributed by atoms with Crippen LogP contribution >= 0.6 is 11.6 Å². The highest BCUT2D eigenvalue weighted by molar-refractivity contribution is 6.31. The van der Waals surface area contributed by atoms with Crippen LogP contribution in [0.4, 0.5) is 11.4 Å². The number of fused-ring (bicyclic) bond motifs is 2. The van der Waals surface area contributed by atoms with Crippen molar-refractivity contribution >= 4 is 44.8 Å². The number of nitrogens with zero attached hydrogens (tertiary/aromatic N) is 3. The SMILES string of the molecule is CN1CCN(Cc2cc(Nc3c4ccc(Cl)cc4nc4ccc(O)cc34)ccc2O)CC1. The Kier molecular flexibility index (Phi) is 5.51. The zero-order valence-electron chi connectivity index (χ0n) is 17.8. The van der Waals surface area contributed by atoms with E-state index in [2.05, 4.69) is 22.2 Å². The van der Waals surface area contributed by atoms with Crippen molar-refractivity contribution in [2.75, 3.05) is 38.5 Å².